The van der Waals surface area contributed by atoms with Gasteiger partial charge in [0.25, 0.3) is 0 Å². The van der Waals surface area contributed by atoms with Crippen molar-refractivity contribution in [2.45, 2.75) is 13.8 Å². The molecule has 8 rings (SSSR count). The summed E-state index contributed by atoms with van der Waals surface area (Å²) in [6.07, 6.45) is 6.97. The van der Waals surface area contributed by atoms with Crippen molar-refractivity contribution in [3.05, 3.63) is 147 Å². The summed E-state index contributed by atoms with van der Waals surface area (Å²) in [6.45, 7) is 7.85. The SMILES string of the molecule is CN1[CH-]N(c2[c-]cccc2)c2ncccc21.CN1[CH-]N(c2[c-]cccc2)c2ncccc21.Cc1ccn[n-]1.Cc1ccn[n-]1.[Pt].[Pt]. The zero-order valence-electron chi connectivity index (χ0n) is 25.7. The zero-order chi connectivity index (χ0) is 30.7. The van der Waals surface area contributed by atoms with Crippen molar-refractivity contribution in [3.8, 4) is 0 Å². The molecular weight excluding hydrogens is 939 g/mol. The number of benzene rings is 2. The van der Waals surface area contributed by atoms with E-state index in [0.717, 1.165) is 45.8 Å². The minimum absolute atomic E-state index is 0. The van der Waals surface area contributed by atoms with Gasteiger partial charge in [-0.2, -0.15) is 74.0 Å². The van der Waals surface area contributed by atoms with Crippen LogP contribution < -0.4 is 29.8 Å². The number of rotatable bonds is 2. The van der Waals surface area contributed by atoms with E-state index in [1.54, 1.807) is 12.4 Å². The van der Waals surface area contributed by atoms with Crippen LogP contribution >= 0.6 is 0 Å². The summed E-state index contributed by atoms with van der Waals surface area (Å²) in [6, 6.07) is 33.9. The summed E-state index contributed by atoms with van der Waals surface area (Å²) in [5, 5.41) is 14.5. The summed E-state index contributed by atoms with van der Waals surface area (Å²) in [5.41, 5.74) is 6.20. The molecule has 0 bridgehead atoms. The van der Waals surface area contributed by atoms with Crippen LogP contribution in [0.3, 0.4) is 0 Å². The molecule has 0 radical (unpaired) electrons. The van der Waals surface area contributed by atoms with Gasteiger partial charge in [0.1, 0.15) is 11.6 Å². The normalized spacial score (nSPS) is 12.1. The molecule has 0 saturated heterocycles. The number of aromatic nitrogens is 6. The van der Waals surface area contributed by atoms with Gasteiger partial charge >= 0.3 is 0 Å². The van der Waals surface area contributed by atoms with Gasteiger partial charge in [-0.05, 0) is 38.4 Å². The molecule has 0 N–H and O–H groups in total. The van der Waals surface area contributed by atoms with E-state index in [1.165, 1.54) is 0 Å². The van der Waals surface area contributed by atoms with Crippen LogP contribution in [0.5, 0.6) is 0 Å². The summed E-state index contributed by atoms with van der Waals surface area (Å²) >= 11 is 0. The van der Waals surface area contributed by atoms with Gasteiger partial charge in [0.2, 0.25) is 0 Å². The first-order chi connectivity index (χ1) is 21.5. The summed E-state index contributed by atoms with van der Waals surface area (Å²) in [7, 11) is 4.03. The number of nitrogens with zero attached hydrogens (tertiary/aromatic N) is 10. The van der Waals surface area contributed by atoms with Crippen LogP contribution in [-0.4, -0.2) is 34.3 Å². The average molecular weight is 971 g/mol. The van der Waals surface area contributed by atoms with Crippen molar-refractivity contribution in [2.75, 3.05) is 33.7 Å². The van der Waals surface area contributed by atoms with Crippen LogP contribution in [0, 0.1) is 39.3 Å². The van der Waals surface area contributed by atoms with E-state index in [9.17, 15) is 0 Å². The van der Waals surface area contributed by atoms with E-state index in [4.69, 9.17) is 0 Å². The Balaban J connectivity index is 0.000000180. The van der Waals surface area contributed by atoms with Gasteiger partial charge in [-0.15, -0.1) is 22.8 Å². The topological polar surface area (TPSA) is 92.7 Å². The van der Waals surface area contributed by atoms with Crippen molar-refractivity contribution < 1.29 is 42.1 Å². The molecule has 0 amide bonds. The molecule has 4 aromatic heterocycles. The van der Waals surface area contributed by atoms with Crippen LogP contribution in [0.25, 0.3) is 0 Å². The van der Waals surface area contributed by atoms with Gasteiger partial charge < -0.3 is 40.0 Å². The Hall–Kier alpha value is -4.26. The third-order valence-corrected chi connectivity index (χ3v) is 6.43. The molecule has 10 nitrogen and oxygen atoms in total. The Morgan fingerprint density at radius 1 is 0.565 bits per heavy atom. The third kappa shape index (κ3) is 9.38. The second kappa shape index (κ2) is 18.0. The van der Waals surface area contributed by atoms with Crippen LogP contribution in [0.2, 0.25) is 0 Å². The van der Waals surface area contributed by atoms with E-state index >= 15 is 0 Å². The number of hydrogen-bond donors (Lipinski definition) is 0. The number of anilines is 6. The molecule has 244 valence electrons. The molecule has 6 heterocycles. The molecule has 0 unspecified atom stereocenters. The monoisotopic (exact) mass is 970 g/mol. The molecule has 0 spiro atoms. The molecule has 0 aliphatic carbocycles. The van der Waals surface area contributed by atoms with Gasteiger partial charge in [0, 0.05) is 78.3 Å². The largest absolute Gasteiger partial charge is 0.579 e. The maximum absolute atomic E-state index is 4.40. The zero-order valence-corrected chi connectivity index (χ0v) is 30.2. The van der Waals surface area contributed by atoms with E-state index in [1.807, 2.05) is 136 Å². The molecule has 0 fully saturated rings. The third-order valence-electron chi connectivity index (χ3n) is 6.43. The number of para-hydroxylation sites is 2. The van der Waals surface area contributed by atoms with Gasteiger partial charge in [0.05, 0.1) is 0 Å². The summed E-state index contributed by atoms with van der Waals surface area (Å²) in [5.74, 6) is 1.90. The Morgan fingerprint density at radius 3 is 1.30 bits per heavy atom. The first kappa shape index (κ1) is 36.2. The Labute approximate surface area is 299 Å². The van der Waals surface area contributed by atoms with Crippen molar-refractivity contribution >= 4 is 34.4 Å². The molecule has 2 aromatic carbocycles. The molecular formula is C34H32N10Pt2-6. The van der Waals surface area contributed by atoms with Crippen molar-refractivity contribution in [1.29, 1.82) is 0 Å². The van der Waals surface area contributed by atoms with Crippen molar-refractivity contribution in [1.82, 2.24) is 30.4 Å². The molecule has 0 saturated carbocycles. The smallest absolute Gasteiger partial charge is 0.124 e. The van der Waals surface area contributed by atoms with Crippen LogP contribution in [0.4, 0.5) is 34.4 Å². The van der Waals surface area contributed by atoms with Crippen LogP contribution in [-0.2, 0) is 42.1 Å². The standard InChI is InChI=1S/2C13H11N3.2C4H5N2.2Pt/c2*1-15-10-16(11-6-3-2-4-7-11)13-12(15)8-5-9-14-13;2*1-4-2-3-5-6-4;;/h2*2-6,8-10H,1H3;2*2-3H,1H3;;/q2*-2;2*-1;;. The fourth-order valence-corrected chi connectivity index (χ4v) is 4.30. The van der Waals surface area contributed by atoms with Gasteiger partial charge in [-0.25, -0.2) is 9.97 Å². The Morgan fingerprint density at radius 2 is 1.00 bits per heavy atom. The van der Waals surface area contributed by atoms with Gasteiger partial charge in [-0.1, -0.05) is 26.0 Å². The maximum atomic E-state index is 4.40. The Bertz CT molecular complexity index is 1560. The molecule has 46 heavy (non-hydrogen) atoms. The summed E-state index contributed by atoms with van der Waals surface area (Å²) in [4.78, 5) is 17.0. The number of pyridine rings is 2. The first-order valence-electron chi connectivity index (χ1n) is 13.9. The molecule has 2 aliphatic rings. The van der Waals surface area contributed by atoms with E-state index in [0.29, 0.717) is 0 Å². The summed E-state index contributed by atoms with van der Waals surface area (Å²) < 4.78 is 0. The molecule has 6 aromatic rings. The predicted octanol–water partition coefficient (Wildman–Crippen LogP) is 5.87. The number of aryl methyl sites for hydroxylation is 2. The van der Waals surface area contributed by atoms with Crippen LogP contribution in [0.15, 0.2) is 110 Å². The first-order valence-corrected chi connectivity index (χ1v) is 13.9. The molecule has 2 aliphatic heterocycles. The number of hydrogen-bond acceptors (Lipinski definition) is 8. The van der Waals surface area contributed by atoms with Crippen molar-refractivity contribution in [2.24, 2.45) is 0 Å². The van der Waals surface area contributed by atoms with E-state index < -0.39 is 0 Å². The average Bonchev–Trinajstić information content (AvgIpc) is 3.88. The predicted molar refractivity (Wildman–Crippen MR) is 173 cm³/mol. The minimum Gasteiger partial charge on any atom is -0.579 e. The second-order valence-electron chi connectivity index (χ2n) is 9.73. The fourth-order valence-electron chi connectivity index (χ4n) is 4.30. The van der Waals surface area contributed by atoms with Crippen LogP contribution in [0.1, 0.15) is 11.4 Å². The maximum Gasteiger partial charge on any atom is 0.124 e. The van der Waals surface area contributed by atoms with E-state index in [-0.39, 0.29) is 42.1 Å². The fraction of sp³-hybridized carbons (Fsp3) is 0.118. The molecule has 12 heteroatoms. The Kier molecular flexibility index (Phi) is 14.2. The van der Waals surface area contributed by atoms with Gasteiger partial charge in [0.15, 0.2) is 0 Å². The molecule has 0 atom stereocenters. The van der Waals surface area contributed by atoms with Crippen molar-refractivity contribution in [3.63, 3.8) is 0 Å². The minimum atomic E-state index is 0. The van der Waals surface area contributed by atoms with E-state index in [2.05, 4.69) is 64.4 Å². The number of fused-ring (bicyclic) bond motifs is 2. The van der Waals surface area contributed by atoms with Gasteiger partial charge in [-0.3, -0.25) is 0 Å². The quantitative estimate of drug-likeness (QED) is 0.197. The second-order valence-corrected chi connectivity index (χ2v) is 9.73.